The van der Waals surface area contributed by atoms with Crippen molar-refractivity contribution >= 4 is 56.6 Å². The molecule has 3 aromatic carbocycles. The minimum absolute atomic E-state index is 0.0431. The molecule has 9 nitrogen and oxygen atoms in total. The Morgan fingerprint density at radius 1 is 1.04 bits per heavy atom. The molecule has 0 aromatic heterocycles. The molecule has 3 atom stereocenters. The molecule has 3 amide bonds. The van der Waals surface area contributed by atoms with Crippen LogP contribution < -0.4 is 10.6 Å². The fourth-order valence-corrected chi connectivity index (χ4v) is 8.79. The summed E-state index contributed by atoms with van der Waals surface area (Å²) in [5.74, 6) is -2.41. The minimum Gasteiger partial charge on any atom is -0.354 e. The van der Waals surface area contributed by atoms with Crippen LogP contribution in [0.25, 0.3) is 0 Å². The number of nitrogens with zero attached hydrogens (tertiary/aromatic N) is 2. The number of benzene rings is 3. The van der Waals surface area contributed by atoms with Gasteiger partial charge in [0.1, 0.15) is 11.2 Å². The molecule has 0 aliphatic carbocycles. The maximum absolute atomic E-state index is 15.0. The fraction of sp³-hybridized carbons (Fsp3) is 0.382. The van der Waals surface area contributed by atoms with Gasteiger partial charge >= 0.3 is 0 Å². The standard InChI is InChI=1S/C34H35Cl2FN4O5S/c1-20-6-8-25(37)18-26(20)31-34(27-9-7-24(36)17-29(27)39-33(34)44)28(22-4-3-5-23(35)16-22)19-30(42)41(31)15-12-38-32(43)21-10-13-40(14-11-21)47(2,45)46/h3-9,16-18,21,28,31H,10-15,19H2,1-2H3,(H,38,43)(H,39,44)/t28-,31+,34-/m1/s1. The molecule has 0 radical (unpaired) electrons. The summed E-state index contributed by atoms with van der Waals surface area (Å²) in [6.07, 6.45) is 1.88. The second-order valence-electron chi connectivity index (χ2n) is 12.5. The highest BCUT2D eigenvalue weighted by molar-refractivity contribution is 7.88. The maximum Gasteiger partial charge on any atom is 0.238 e. The molecule has 2 N–H and O–H groups in total. The number of likely N-dealkylation sites (tertiary alicyclic amines) is 1. The molecule has 3 heterocycles. The summed E-state index contributed by atoms with van der Waals surface area (Å²) in [6, 6.07) is 15.6. The molecule has 1 spiro atoms. The first-order valence-electron chi connectivity index (χ1n) is 15.5. The van der Waals surface area contributed by atoms with Crippen LogP contribution in [0.2, 0.25) is 10.0 Å². The van der Waals surface area contributed by atoms with E-state index < -0.39 is 33.2 Å². The van der Waals surface area contributed by atoms with Crippen molar-refractivity contribution in [3.8, 4) is 0 Å². The van der Waals surface area contributed by atoms with Crippen LogP contribution in [0.5, 0.6) is 0 Å². The van der Waals surface area contributed by atoms with Gasteiger partial charge in [0.2, 0.25) is 27.7 Å². The van der Waals surface area contributed by atoms with Crippen LogP contribution in [-0.2, 0) is 29.8 Å². The zero-order chi connectivity index (χ0) is 33.7. The van der Waals surface area contributed by atoms with Crippen LogP contribution in [-0.4, -0.2) is 67.8 Å². The number of rotatable bonds is 7. The van der Waals surface area contributed by atoms with Gasteiger partial charge in [0.05, 0.1) is 12.3 Å². The van der Waals surface area contributed by atoms with E-state index in [-0.39, 0.29) is 56.2 Å². The number of amides is 3. The van der Waals surface area contributed by atoms with Gasteiger partial charge in [-0.1, -0.05) is 47.5 Å². The molecule has 47 heavy (non-hydrogen) atoms. The Bertz CT molecular complexity index is 1870. The smallest absolute Gasteiger partial charge is 0.238 e. The Hall–Kier alpha value is -3.51. The Balaban J connectivity index is 1.40. The zero-order valence-corrected chi connectivity index (χ0v) is 28.3. The lowest BCUT2D eigenvalue weighted by atomic mass is 9.58. The molecule has 248 valence electrons. The van der Waals surface area contributed by atoms with Crippen LogP contribution >= 0.6 is 23.2 Å². The zero-order valence-electron chi connectivity index (χ0n) is 25.9. The number of aryl methyl sites for hydroxylation is 1. The second kappa shape index (κ2) is 12.8. The number of hydrogen-bond donors (Lipinski definition) is 2. The Morgan fingerprint density at radius 3 is 2.47 bits per heavy atom. The molecular weight excluding hydrogens is 666 g/mol. The van der Waals surface area contributed by atoms with E-state index in [0.29, 0.717) is 50.8 Å². The molecule has 6 rings (SSSR count). The number of sulfonamides is 1. The third kappa shape index (κ3) is 6.14. The third-order valence-electron chi connectivity index (χ3n) is 9.78. The fourth-order valence-electron chi connectivity index (χ4n) is 7.55. The van der Waals surface area contributed by atoms with E-state index in [2.05, 4.69) is 10.6 Å². The normalized spacial score (nSPS) is 23.6. The first-order chi connectivity index (χ1) is 22.3. The molecule has 3 aliphatic heterocycles. The van der Waals surface area contributed by atoms with Gasteiger partial charge in [0.25, 0.3) is 0 Å². The second-order valence-corrected chi connectivity index (χ2v) is 15.4. The lowest BCUT2D eigenvalue weighted by molar-refractivity contribution is -0.146. The number of piperidine rings is 2. The lowest BCUT2D eigenvalue weighted by Crippen LogP contribution is -2.59. The Morgan fingerprint density at radius 2 is 1.77 bits per heavy atom. The molecule has 0 saturated carbocycles. The molecular formula is C34H35Cl2FN4O5S. The first-order valence-corrected chi connectivity index (χ1v) is 18.1. The van der Waals surface area contributed by atoms with Crippen LogP contribution in [0.15, 0.2) is 60.7 Å². The minimum atomic E-state index is -3.33. The van der Waals surface area contributed by atoms with E-state index in [4.69, 9.17) is 23.2 Å². The number of nitrogens with one attached hydrogen (secondary N) is 2. The molecule has 3 aliphatic rings. The van der Waals surface area contributed by atoms with E-state index in [9.17, 15) is 22.8 Å². The highest BCUT2D eigenvalue weighted by Gasteiger charge is 2.63. The van der Waals surface area contributed by atoms with E-state index in [1.54, 1.807) is 47.4 Å². The summed E-state index contributed by atoms with van der Waals surface area (Å²) in [6.45, 7) is 2.46. The lowest BCUT2D eigenvalue weighted by Gasteiger charge is -2.52. The van der Waals surface area contributed by atoms with E-state index in [0.717, 1.165) is 6.26 Å². The van der Waals surface area contributed by atoms with Crippen molar-refractivity contribution in [1.82, 2.24) is 14.5 Å². The largest absolute Gasteiger partial charge is 0.354 e. The Labute approximate surface area is 283 Å². The summed E-state index contributed by atoms with van der Waals surface area (Å²) in [5.41, 5.74) is 1.59. The van der Waals surface area contributed by atoms with Crippen LogP contribution in [0, 0.1) is 18.7 Å². The molecule has 0 bridgehead atoms. The van der Waals surface area contributed by atoms with Gasteiger partial charge in [0, 0.05) is 60.2 Å². The van der Waals surface area contributed by atoms with Gasteiger partial charge < -0.3 is 15.5 Å². The van der Waals surface area contributed by atoms with Gasteiger partial charge in [-0.25, -0.2) is 17.1 Å². The van der Waals surface area contributed by atoms with Crippen molar-refractivity contribution in [3.05, 3.63) is 98.8 Å². The molecule has 3 aromatic rings. The van der Waals surface area contributed by atoms with Gasteiger partial charge in [-0.2, -0.15) is 0 Å². The van der Waals surface area contributed by atoms with E-state index in [1.165, 1.54) is 16.4 Å². The highest BCUT2D eigenvalue weighted by atomic mass is 35.5. The average Bonchev–Trinajstić information content (AvgIpc) is 3.30. The van der Waals surface area contributed by atoms with Gasteiger partial charge in [0.15, 0.2) is 0 Å². The summed E-state index contributed by atoms with van der Waals surface area (Å²) >= 11 is 12.8. The predicted octanol–water partition coefficient (Wildman–Crippen LogP) is 5.18. The number of carbonyl (C=O) groups excluding carboxylic acids is 3. The van der Waals surface area contributed by atoms with Crippen molar-refractivity contribution in [1.29, 1.82) is 0 Å². The SMILES string of the molecule is Cc1ccc(F)cc1[C@@H]1N(CCNC(=O)C2CCN(S(C)(=O)=O)CC2)C(=O)C[C@H](c2cccc(Cl)c2)[C@@]12C(=O)Nc1cc(Cl)ccc12. The van der Waals surface area contributed by atoms with Gasteiger partial charge in [-0.15, -0.1) is 0 Å². The number of fused-ring (bicyclic) bond motifs is 2. The van der Waals surface area contributed by atoms with E-state index in [1.807, 2.05) is 13.0 Å². The van der Waals surface area contributed by atoms with Crippen molar-refractivity contribution < 1.29 is 27.2 Å². The summed E-state index contributed by atoms with van der Waals surface area (Å²) in [4.78, 5) is 43.6. The topological polar surface area (TPSA) is 116 Å². The Kier molecular flexibility index (Phi) is 9.12. The van der Waals surface area contributed by atoms with Crippen molar-refractivity contribution in [2.45, 2.75) is 43.6 Å². The molecule has 13 heteroatoms. The summed E-state index contributed by atoms with van der Waals surface area (Å²) < 4.78 is 40.2. The summed E-state index contributed by atoms with van der Waals surface area (Å²) in [5, 5.41) is 6.81. The third-order valence-corrected chi connectivity index (χ3v) is 11.5. The number of anilines is 1. The summed E-state index contributed by atoms with van der Waals surface area (Å²) in [7, 11) is -3.33. The van der Waals surface area contributed by atoms with Crippen molar-refractivity contribution in [2.75, 3.05) is 37.8 Å². The van der Waals surface area contributed by atoms with Gasteiger partial charge in [-0.05, 0) is 78.4 Å². The monoisotopic (exact) mass is 700 g/mol. The van der Waals surface area contributed by atoms with Crippen molar-refractivity contribution in [2.24, 2.45) is 5.92 Å². The van der Waals surface area contributed by atoms with Crippen LogP contribution in [0.3, 0.4) is 0 Å². The highest BCUT2D eigenvalue weighted by Crippen LogP contribution is 2.60. The van der Waals surface area contributed by atoms with E-state index >= 15 is 4.39 Å². The number of carbonyl (C=O) groups is 3. The predicted molar refractivity (Wildman–Crippen MR) is 178 cm³/mol. The molecule has 2 fully saturated rings. The quantitative estimate of drug-likeness (QED) is 0.353. The molecule has 2 saturated heterocycles. The number of hydrogen-bond acceptors (Lipinski definition) is 5. The average molecular weight is 702 g/mol. The maximum atomic E-state index is 15.0. The number of halogens is 3. The molecule has 0 unspecified atom stereocenters. The van der Waals surface area contributed by atoms with Gasteiger partial charge in [-0.3, -0.25) is 14.4 Å². The van der Waals surface area contributed by atoms with Crippen molar-refractivity contribution in [3.63, 3.8) is 0 Å². The first kappa shape index (κ1) is 33.4. The van der Waals surface area contributed by atoms with Crippen LogP contribution in [0.1, 0.15) is 53.5 Å². The van der Waals surface area contributed by atoms with Crippen LogP contribution in [0.4, 0.5) is 10.1 Å².